The first kappa shape index (κ1) is 14.3. The molecule has 1 aromatic carbocycles. The van der Waals surface area contributed by atoms with Gasteiger partial charge in [0.05, 0.1) is 17.4 Å². The number of nitrogens with one attached hydrogen (secondary N) is 1. The molecule has 0 atom stereocenters. The number of β-amino-alcohol motifs (C(OH)–C–C–N with tert-alkyl or cyclic N) is 1. The molecule has 2 aliphatic heterocycles. The molecule has 0 saturated carbocycles. The number of nitriles is 1. The summed E-state index contributed by atoms with van der Waals surface area (Å²) < 4.78 is 0. The van der Waals surface area contributed by atoms with Crippen LogP contribution in [-0.2, 0) is 11.2 Å². The van der Waals surface area contributed by atoms with Crippen LogP contribution >= 0.6 is 0 Å². The highest BCUT2D eigenvalue weighted by atomic mass is 16.6. The van der Waals surface area contributed by atoms with Gasteiger partial charge in [0.25, 0.3) is 5.69 Å². The Bertz CT molecular complexity index is 704. The zero-order chi connectivity index (χ0) is 15.9. The Labute approximate surface area is 126 Å². The average molecular weight is 302 g/mol. The fourth-order valence-electron chi connectivity index (χ4n) is 2.90. The first-order valence-corrected chi connectivity index (χ1v) is 6.87. The molecule has 0 spiro atoms. The van der Waals surface area contributed by atoms with Crippen LogP contribution in [0.25, 0.3) is 0 Å². The Morgan fingerprint density at radius 2 is 2.18 bits per heavy atom. The summed E-state index contributed by atoms with van der Waals surface area (Å²) in [6.45, 7) is 0.322. The summed E-state index contributed by atoms with van der Waals surface area (Å²) in [6.07, 6.45) is 0.773. The lowest BCUT2D eigenvalue weighted by molar-refractivity contribution is -0.384. The molecule has 0 radical (unpaired) electrons. The number of nitro benzene ring substituents is 1. The van der Waals surface area contributed by atoms with Gasteiger partial charge < -0.3 is 15.3 Å². The van der Waals surface area contributed by atoms with Crippen molar-refractivity contribution in [2.45, 2.75) is 24.9 Å². The molecule has 3 rings (SSSR count). The van der Waals surface area contributed by atoms with Gasteiger partial charge in [0.1, 0.15) is 11.3 Å². The van der Waals surface area contributed by atoms with E-state index >= 15 is 0 Å². The highest BCUT2D eigenvalue weighted by molar-refractivity contribution is 5.95. The molecule has 1 fully saturated rings. The Balaban J connectivity index is 1.94. The van der Waals surface area contributed by atoms with Crippen molar-refractivity contribution in [3.63, 3.8) is 0 Å². The summed E-state index contributed by atoms with van der Waals surface area (Å²) in [5.41, 5.74) is 0.500. The standard InChI is InChI=1S/C14H14N4O4/c15-4-3-14(20)7-17(8-14)11-6-10-9(1-2-13(19)16-10)5-12(11)18(21)22/h5-6,20H,1-3,7-8H2,(H,16,19). The number of aryl methyl sites for hydroxylation is 1. The van der Waals surface area contributed by atoms with Gasteiger partial charge in [-0.1, -0.05) is 0 Å². The normalized spacial score (nSPS) is 18.7. The van der Waals surface area contributed by atoms with Gasteiger partial charge in [-0.2, -0.15) is 5.26 Å². The lowest BCUT2D eigenvalue weighted by atomic mass is 9.89. The lowest BCUT2D eigenvalue weighted by Gasteiger charge is -2.46. The smallest absolute Gasteiger partial charge is 0.292 e. The Morgan fingerprint density at radius 1 is 1.45 bits per heavy atom. The predicted octanol–water partition coefficient (Wildman–Crippen LogP) is 0.944. The number of nitro groups is 1. The van der Waals surface area contributed by atoms with Gasteiger partial charge in [-0.05, 0) is 18.1 Å². The van der Waals surface area contributed by atoms with Crippen molar-refractivity contribution in [1.29, 1.82) is 5.26 Å². The molecule has 8 nitrogen and oxygen atoms in total. The summed E-state index contributed by atoms with van der Waals surface area (Å²) >= 11 is 0. The van der Waals surface area contributed by atoms with Gasteiger partial charge in [-0.25, -0.2) is 0 Å². The van der Waals surface area contributed by atoms with E-state index in [2.05, 4.69) is 5.32 Å². The van der Waals surface area contributed by atoms with E-state index in [9.17, 15) is 20.0 Å². The summed E-state index contributed by atoms with van der Waals surface area (Å²) in [5, 5.41) is 32.7. The SMILES string of the molecule is N#CCC1(O)CN(c2cc3c(cc2[N+](=O)[O-])CCC(=O)N3)C1. The predicted molar refractivity (Wildman–Crippen MR) is 77.4 cm³/mol. The fourth-order valence-corrected chi connectivity index (χ4v) is 2.90. The van der Waals surface area contributed by atoms with E-state index in [1.807, 2.05) is 6.07 Å². The molecule has 1 saturated heterocycles. The molecule has 2 heterocycles. The van der Waals surface area contributed by atoms with Crippen LogP contribution in [0.2, 0.25) is 0 Å². The van der Waals surface area contributed by atoms with Gasteiger partial charge in [0.2, 0.25) is 5.91 Å². The van der Waals surface area contributed by atoms with E-state index in [4.69, 9.17) is 5.26 Å². The molecule has 1 amide bonds. The van der Waals surface area contributed by atoms with Crippen molar-refractivity contribution in [2.75, 3.05) is 23.3 Å². The largest absolute Gasteiger partial charge is 0.385 e. The molecule has 0 unspecified atom stereocenters. The first-order valence-electron chi connectivity index (χ1n) is 6.87. The van der Waals surface area contributed by atoms with Crippen LogP contribution in [0.4, 0.5) is 17.1 Å². The molecule has 22 heavy (non-hydrogen) atoms. The number of anilines is 2. The van der Waals surface area contributed by atoms with Crippen molar-refractivity contribution in [3.8, 4) is 6.07 Å². The summed E-state index contributed by atoms with van der Waals surface area (Å²) in [6, 6.07) is 4.97. The zero-order valence-electron chi connectivity index (χ0n) is 11.7. The molecule has 114 valence electrons. The number of carbonyl (C=O) groups is 1. The van der Waals surface area contributed by atoms with E-state index in [1.165, 1.54) is 6.07 Å². The van der Waals surface area contributed by atoms with Crippen molar-refractivity contribution in [3.05, 3.63) is 27.8 Å². The number of benzene rings is 1. The number of hydrogen-bond acceptors (Lipinski definition) is 6. The first-order chi connectivity index (χ1) is 10.4. The van der Waals surface area contributed by atoms with Crippen LogP contribution in [0.5, 0.6) is 0 Å². The van der Waals surface area contributed by atoms with E-state index < -0.39 is 10.5 Å². The van der Waals surface area contributed by atoms with Crippen molar-refractivity contribution >= 4 is 23.0 Å². The highest BCUT2D eigenvalue weighted by Crippen LogP contribution is 2.40. The van der Waals surface area contributed by atoms with E-state index in [0.717, 1.165) is 5.56 Å². The van der Waals surface area contributed by atoms with Gasteiger partial charge in [-0.15, -0.1) is 0 Å². The minimum Gasteiger partial charge on any atom is -0.385 e. The van der Waals surface area contributed by atoms with Crippen molar-refractivity contribution in [2.24, 2.45) is 0 Å². The Kier molecular flexibility index (Phi) is 3.22. The Hall–Kier alpha value is -2.66. The second kappa shape index (κ2) is 4.96. The van der Waals surface area contributed by atoms with Gasteiger partial charge in [0.15, 0.2) is 0 Å². The van der Waals surface area contributed by atoms with Gasteiger partial charge in [0, 0.05) is 31.3 Å². The third-order valence-electron chi connectivity index (χ3n) is 4.01. The molecule has 0 aliphatic carbocycles. The topological polar surface area (TPSA) is 120 Å². The average Bonchev–Trinajstić information content (AvgIpc) is 2.43. The quantitative estimate of drug-likeness (QED) is 0.633. The second-order valence-corrected chi connectivity index (χ2v) is 5.72. The summed E-state index contributed by atoms with van der Waals surface area (Å²) in [5.74, 6) is -0.114. The summed E-state index contributed by atoms with van der Waals surface area (Å²) in [7, 11) is 0. The Morgan fingerprint density at radius 3 is 2.82 bits per heavy atom. The maximum absolute atomic E-state index is 11.5. The maximum atomic E-state index is 11.5. The van der Waals surface area contributed by atoms with E-state index in [1.54, 1.807) is 11.0 Å². The fraction of sp³-hybridized carbons (Fsp3) is 0.429. The molecular formula is C14H14N4O4. The van der Waals surface area contributed by atoms with Crippen LogP contribution in [0, 0.1) is 21.4 Å². The third-order valence-corrected chi connectivity index (χ3v) is 4.01. The molecule has 0 aromatic heterocycles. The zero-order valence-corrected chi connectivity index (χ0v) is 11.7. The maximum Gasteiger partial charge on any atom is 0.292 e. The highest BCUT2D eigenvalue weighted by Gasteiger charge is 2.43. The van der Waals surface area contributed by atoms with E-state index in [-0.39, 0.29) is 31.1 Å². The molecule has 2 aliphatic rings. The number of amides is 1. The molecule has 8 heteroatoms. The van der Waals surface area contributed by atoms with Crippen LogP contribution in [-0.4, -0.2) is 34.6 Å². The molecular weight excluding hydrogens is 288 g/mol. The number of hydrogen-bond donors (Lipinski definition) is 2. The van der Waals surface area contributed by atoms with Crippen LogP contribution in [0.15, 0.2) is 12.1 Å². The second-order valence-electron chi connectivity index (χ2n) is 5.72. The van der Waals surface area contributed by atoms with Crippen molar-refractivity contribution in [1.82, 2.24) is 0 Å². The number of rotatable bonds is 3. The number of fused-ring (bicyclic) bond motifs is 1. The van der Waals surface area contributed by atoms with Crippen LogP contribution < -0.4 is 10.2 Å². The lowest BCUT2D eigenvalue weighted by Crippen LogP contribution is -2.62. The van der Waals surface area contributed by atoms with Gasteiger partial charge >= 0.3 is 0 Å². The minimum atomic E-state index is -1.12. The van der Waals surface area contributed by atoms with Crippen molar-refractivity contribution < 1.29 is 14.8 Å². The third kappa shape index (κ3) is 2.35. The number of nitrogens with zero attached hydrogens (tertiary/aromatic N) is 3. The van der Waals surface area contributed by atoms with Crippen LogP contribution in [0.3, 0.4) is 0 Å². The monoisotopic (exact) mass is 302 g/mol. The number of aliphatic hydroxyl groups is 1. The van der Waals surface area contributed by atoms with E-state index in [0.29, 0.717) is 24.2 Å². The molecule has 0 bridgehead atoms. The van der Waals surface area contributed by atoms with Gasteiger partial charge in [-0.3, -0.25) is 14.9 Å². The number of carbonyl (C=O) groups excluding carboxylic acids is 1. The molecule has 1 aromatic rings. The minimum absolute atomic E-state index is 0.0149. The van der Waals surface area contributed by atoms with Crippen LogP contribution in [0.1, 0.15) is 18.4 Å². The molecule has 2 N–H and O–H groups in total. The summed E-state index contributed by atoms with van der Waals surface area (Å²) in [4.78, 5) is 23.9.